The molecule has 0 heterocycles. The van der Waals surface area contributed by atoms with Crippen LogP contribution in [0.1, 0.15) is 54.4 Å². The first-order valence-corrected chi connectivity index (χ1v) is 6.13. The highest BCUT2D eigenvalue weighted by molar-refractivity contribution is 5.79. The molecule has 0 spiro atoms. The lowest BCUT2D eigenvalue weighted by Crippen LogP contribution is -2.43. The maximum atomic E-state index is 11.5. The predicted molar refractivity (Wildman–Crippen MR) is 69.5 cm³/mol. The summed E-state index contributed by atoms with van der Waals surface area (Å²) in [5.74, 6) is -1.04. The number of rotatable bonds is 4. The van der Waals surface area contributed by atoms with E-state index in [2.05, 4.69) is 5.32 Å². The van der Waals surface area contributed by atoms with E-state index in [0.29, 0.717) is 12.8 Å². The van der Waals surface area contributed by atoms with Gasteiger partial charge in [0.05, 0.1) is 0 Å². The molecule has 0 aliphatic carbocycles. The average Bonchev–Trinajstić information content (AvgIpc) is 2.06. The van der Waals surface area contributed by atoms with Crippen LogP contribution in [-0.4, -0.2) is 28.8 Å². The van der Waals surface area contributed by atoms with Gasteiger partial charge in [0.25, 0.3) is 0 Å². The van der Waals surface area contributed by atoms with Crippen molar-refractivity contribution < 1.29 is 19.4 Å². The van der Waals surface area contributed by atoms with Gasteiger partial charge in [-0.1, -0.05) is 20.8 Å². The maximum absolute atomic E-state index is 11.5. The van der Waals surface area contributed by atoms with Gasteiger partial charge >= 0.3 is 12.1 Å². The second-order valence-corrected chi connectivity index (χ2v) is 6.64. The van der Waals surface area contributed by atoms with Crippen molar-refractivity contribution >= 4 is 12.1 Å². The molecule has 0 aliphatic rings. The van der Waals surface area contributed by atoms with Gasteiger partial charge in [0, 0.05) is 0 Å². The van der Waals surface area contributed by atoms with Crippen molar-refractivity contribution in [3.63, 3.8) is 0 Å². The third kappa shape index (κ3) is 8.84. The van der Waals surface area contributed by atoms with E-state index in [0.717, 1.165) is 0 Å². The Hall–Kier alpha value is -1.26. The average molecular weight is 259 g/mol. The third-order valence-electron chi connectivity index (χ3n) is 2.17. The Morgan fingerprint density at radius 2 is 1.67 bits per heavy atom. The number of amides is 1. The Morgan fingerprint density at radius 3 is 2.00 bits per heavy atom. The summed E-state index contributed by atoms with van der Waals surface area (Å²) in [6.45, 7) is 11.3. The van der Waals surface area contributed by atoms with Gasteiger partial charge in [-0.3, -0.25) is 0 Å². The zero-order chi connectivity index (χ0) is 14.6. The van der Waals surface area contributed by atoms with E-state index in [1.54, 1.807) is 20.8 Å². The molecule has 5 nitrogen and oxygen atoms in total. The molecular formula is C13H25NO4. The van der Waals surface area contributed by atoms with E-state index in [1.165, 1.54) is 0 Å². The van der Waals surface area contributed by atoms with Gasteiger partial charge in [0.15, 0.2) is 0 Å². The first-order chi connectivity index (χ1) is 7.91. The Bertz CT molecular complexity index is 299. The third-order valence-corrected chi connectivity index (χ3v) is 2.17. The van der Waals surface area contributed by atoms with E-state index in [4.69, 9.17) is 9.84 Å². The first kappa shape index (κ1) is 16.7. The van der Waals surface area contributed by atoms with Crippen molar-refractivity contribution in [2.24, 2.45) is 5.41 Å². The molecule has 0 radical (unpaired) electrons. The smallest absolute Gasteiger partial charge is 0.408 e. The van der Waals surface area contributed by atoms with Crippen LogP contribution in [0.3, 0.4) is 0 Å². The Morgan fingerprint density at radius 1 is 1.17 bits per heavy atom. The van der Waals surface area contributed by atoms with Crippen molar-refractivity contribution in [3.05, 3.63) is 0 Å². The highest BCUT2D eigenvalue weighted by Crippen LogP contribution is 2.21. The minimum Gasteiger partial charge on any atom is -0.480 e. The minimum absolute atomic E-state index is 0.0311. The van der Waals surface area contributed by atoms with Gasteiger partial charge in [-0.2, -0.15) is 0 Å². The molecular weight excluding hydrogens is 234 g/mol. The molecule has 18 heavy (non-hydrogen) atoms. The lowest BCUT2D eigenvalue weighted by atomic mass is 9.89. The van der Waals surface area contributed by atoms with E-state index >= 15 is 0 Å². The number of hydrogen-bond donors (Lipinski definition) is 2. The standard InChI is InChI=1S/C13H25NO4/c1-12(2,3)8-7-9(10(15)16)14-11(17)18-13(4,5)6/h9H,7-8H2,1-6H3,(H,14,17)(H,15,16). The van der Waals surface area contributed by atoms with Crippen LogP contribution < -0.4 is 5.32 Å². The number of hydrogen-bond acceptors (Lipinski definition) is 3. The van der Waals surface area contributed by atoms with Crippen LogP contribution in [0.4, 0.5) is 4.79 Å². The summed E-state index contributed by atoms with van der Waals surface area (Å²) >= 11 is 0. The van der Waals surface area contributed by atoms with Crippen molar-refractivity contribution in [3.8, 4) is 0 Å². The van der Waals surface area contributed by atoms with Gasteiger partial charge in [-0.25, -0.2) is 9.59 Å². The van der Waals surface area contributed by atoms with Crippen molar-refractivity contribution in [2.75, 3.05) is 0 Å². The normalized spacial score (nSPS) is 13.9. The van der Waals surface area contributed by atoms with Crippen molar-refractivity contribution in [1.82, 2.24) is 5.32 Å². The number of alkyl carbamates (subject to hydrolysis) is 1. The molecule has 0 aromatic heterocycles. The lowest BCUT2D eigenvalue weighted by molar-refractivity contribution is -0.139. The molecule has 0 rings (SSSR count). The molecule has 1 atom stereocenters. The van der Waals surface area contributed by atoms with Gasteiger partial charge in [-0.15, -0.1) is 0 Å². The molecule has 0 saturated carbocycles. The van der Waals surface area contributed by atoms with Gasteiger partial charge in [-0.05, 0) is 39.0 Å². The largest absolute Gasteiger partial charge is 0.480 e. The number of ether oxygens (including phenoxy) is 1. The van der Waals surface area contributed by atoms with E-state index < -0.39 is 23.7 Å². The van der Waals surface area contributed by atoms with Crippen LogP contribution in [-0.2, 0) is 9.53 Å². The highest BCUT2D eigenvalue weighted by atomic mass is 16.6. The molecule has 0 aromatic carbocycles. The molecule has 0 aromatic rings. The summed E-state index contributed by atoms with van der Waals surface area (Å²) in [4.78, 5) is 22.5. The predicted octanol–water partition coefficient (Wildman–Crippen LogP) is 2.79. The summed E-state index contributed by atoms with van der Waals surface area (Å²) < 4.78 is 5.04. The molecule has 0 bridgehead atoms. The fourth-order valence-electron chi connectivity index (χ4n) is 1.28. The van der Waals surface area contributed by atoms with Gasteiger partial charge < -0.3 is 15.2 Å². The second-order valence-electron chi connectivity index (χ2n) is 6.64. The van der Waals surface area contributed by atoms with Crippen LogP contribution in [0.25, 0.3) is 0 Å². The van der Waals surface area contributed by atoms with E-state index in [1.807, 2.05) is 20.8 Å². The lowest BCUT2D eigenvalue weighted by Gasteiger charge is -2.24. The van der Waals surface area contributed by atoms with Crippen LogP contribution in [0.5, 0.6) is 0 Å². The fraction of sp³-hybridized carbons (Fsp3) is 0.846. The van der Waals surface area contributed by atoms with Gasteiger partial charge in [0.2, 0.25) is 0 Å². The number of nitrogens with one attached hydrogen (secondary N) is 1. The zero-order valence-corrected chi connectivity index (χ0v) is 12.2. The van der Waals surface area contributed by atoms with Crippen molar-refractivity contribution in [2.45, 2.75) is 66.0 Å². The van der Waals surface area contributed by atoms with Crippen LogP contribution in [0.2, 0.25) is 0 Å². The number of carbonyl (C=O) groups excluding carboxylic acids is 1. The SMILES string of the molecule is CC(C)(C)CCC(NC(=O)OC(C)(C)C)C(=O)O. The zero-order valence-electron chi connectivity index (χ0n) is 12.2. The molecule has 5 heteroatoms. The fourth-order valence-corrected chi connectivity index (χ4v) is 1.28. The molecule has 1 amide bonds. The quantitative estimate of drug-likeness (QED) is 0.814. The van der Waals surface area contributed by atoms with Crippen LogP contribution >= 0.6 is 0 Å². The Labute approximate surface area is 109 Å². The number of carboxylic acid groups (broad SMARTS) is 1. The molecule has 0 fully saturated rings. The van der Waals surface area contributed by atoms with E-state index in [9.17, 15) is 9.59 Å². The molecule has 0 saturated heterocycles. The van der Waals surface area contributed by atoms with Crippen molar-refractivity contribution in [1.29, 1.82) is 0 Å². The summed E-state index contributed by atoms with van der Waals surface area (Å²) in [6, 6.07) is -0.904. The number of aliphatic carboxylic acids is 1. The molecule has 106 valence electrons. The monoisotopic (exact) mass is 259 g/mol. The molecule has 1 unspecified atom stereocenters. The molecule has 0 aliphatic heterocycles. The Balaban J connectivity index is 4.37. The second kappa shape index (κ2) is 6.07. The summed E-state index contributed by atoms with van der Waals surface area (Å²) in [5, 5.41) is 11.4. The van der Waals surface area contributed by atoms with Crippen LogP contribution in [0, 0.1) is 5.41 Å². The summed E-state index contributed by atoms with van der Waals surface area (Å²) in [6.07, 6.45) is 0.404. The maximum Gasteiger partial charge on any atom is 0.408 e. The van der Waals surface area contributed by atoms with Crippen LogP contribution in [0.15, 0.2) is 0 Å². The first-order valence-electron chi connectivity index (χ1n) is 6.13. The highest BCUT2D eigenvalue weighted by Gasteiger charge is 2.25. The molecule has 2 N–H and O–H groups in total. The number of carbonyl (C=O) groups is 2. The topological polar surface area (TPSA) is 75.6 Å². The van der Waals surface area contributed by atoms with Gasteiger partial charge in [0.1, 0.15) is 11.6 Å². The number of carboxylic acids is 1. The minimum atomic E-state index is -1.04. The summed E-state index contributed by atoms with van der Waals surface area (Å²) in [5.41, 5.74) is -0.597. The van der Waals surface area contributed by atoms with E-state index in [-0.39, 0.29) is 5.41 Å². The summed E-state index contributed by atoms with van der Waals surface area (Å²) in [7, 11) is 0. The Kier molecular flexibility index (Phi) is 5.64.